The molecule has 0 radical (unpaired) electrons. The first-order valence-electron chi connectivity index (χ1n) is 24.6. The Bertz CT molecular complexity index is 2810. The Balaban J connectivity index is 1.17. The Morgan fingerprint density at radius 1 is 0.769 bits per heavy atom. The van der Waals surface area contributed by atoms with Gasteiger partial charge in [0.1, 0.15) is 29.5 Å². The zero-order valence-electron chi connectivity index (χ0n) is 43.3. The number of hydrazine groups is 1. The molecule has 6 heterocycles. The van der Waals surface area contributed by atoms with Crippen LogP contribution in [0.1, 0.15) is 56.4 Å². The monoisotopic (exact) mass is 1100 g/mol. The number of fused-ring (bicyclic) bond motifs is 2. The highest BCUT2D eigenvalue weighted by atomic mass is 19.4. The van der Waals surface area contributed by atoms with E-state index in [0.717, 1.165) is 64.9 Å². The molecule has 420 valence electrons. The summed E-state index contributed by atoms with van der Waals surface area (Å²) in [6.45, 7) is 3.58. The molecule has 4 fully saturated rings. The molecule has 6 atom stereocenters. The number of carbonyl (C=O) groups excluding carboxylic acids is 4. The van der Waals surface area contributed by atoms with E-state index < -0.39 is 108 Å². The van der Waals surface area contributed by atoms with Crippen LogP contribution in [-0.2, 0) is 36.8 Å². The molecule has 4 aliphatic heterocycles. The molecule has 0 spiro atoms. The lowest BCUT2D eigenvalue weighted by Crippen LogP contribution is -2.74. The highest BCUT2D eigenvalue weighted by molar-refractivity contribution is 5.87. The van der Waals surface area contributed by atoms with E-state index in [9.17, 15) is 50.6 Å². The standard InChI is InChI=1S/C53H59F8N9O8/c1-50(2,52(56,57)58)44(65-48(74)76-5)46(72)64-41(19-31-13-10-30(11-14-31)12-15-32-16-17-43(63-23-32)68-24-34-22-35(25-68)70(34)36-28-78-29-36)42(71)27-69(67-47(73)45(66-49(75)77-6)51(3,4)53(59,60)61)26-37-38(54)20-33(21-39(37)55)40-9-7-8-18-62-40/h7-11,13-14,16-18,20-21,23,34-36,41-42,44-45,71H,19,22,24-29H2,1-6H3,(H,64,72)(H,65,74)(H,66,75)(H,67,73)/t34?,35?,41-,42-,44?,45+/m0/s1. The highest BCUT2D eigenvalue weighted by Gasteiger charge is 2.57. The average Bonchev–Trinajstić information content (AvgIpc) is 3.41. The van der Waals surface area contributed by atoms with Gasteiger partial charge in [0.2, 0.25) is 5.91 Å². The van der Waals surface area contributed by atoms with Gasteiger partial charge in [-0.2, -0.15) is 26.3 Å². The van der Waals surface area contributed by atoms with Gasteiger partial charge in [-0.15, -0.1) is 0 Å². The van der Waals surface area contributed by atoms with Gasteiger partial charge in [-0.1, -0.05) is 30.0 Å². The van der Waals surface area contributed by atoms with E-state index in [1.165, 1.54) is 24.4 Å². The fourth-order valence-corrected chi connectivity index (χ4v) is 9.31. The Morgan fingerprint density at radius 3 is 1.83 bits per heavy atom. The smallest absolute Gasteiger partial charge is 0.407 e. The first-order chi connectivity index (χ1) is 36.7. The summed E-state index contributed by atoms with van der Waals surface area (Å²) in [5.41, 5.74) is -3.21. The van der Waals surface area contributed by atoms with Crippen molar-refractivity contribution in [2.45, 2.75) is 102 Å². The molecule has 4 amide bonds. The number of ether oxygens (including phenoxy) is 3. The summed E-state index contributed by atoms with van der Waals surface area (Å²) in [6.07, 6.45) is -11.6. The molecule has 4 aliphatic rings. The molecule has 0 aliphatic carbocycles. The molecule has 4 saturated heterocycles. The number of nitrogens with zero attached hydrogens (tertiary/aromatic N) is 5. The molecule has 17 nitrogen and oxygen atoms in total. The summed E-state index contributed by atoms with van der Waals surface area (Å²) in [4.78, 5) is 66.4. The van der Waals surface area contributed by atoms with Gasteiger partial charge >= 0.3 is 24.5 Å². The third-order valence-electron chi connectivity index (χ3n) is 14.4. The first-order valence-corrected chi connectivity index (χ1v) is 24.6. The van der Waals surface area contributed by atoms with Crippen LogP contribution in [-0.4, -0.2) is 151 Å². The minimum atomic E-state index is -5.18. The van der Waals surface area contributed by atoms with Crippen molar-refractivity contribution < 1.29 is 73.6 Å². The molecule has 0 saturated carbocycles. The van der Waals surface area contributed by atoms with Gasteiger partial charge in [0.05, 0.1) is 62.1 Å². The number of aliphatic hydroxyl groups is 1. The van der Waals surface area contributed by atoms with Crippen molar-refractivity contribution in [2.75, 3.05) is 52.0 Å². The average molecular weight is 1100 g/mol. The van der Waals surface area contributed by atoms with Crippen LogP contribution >= 0.6 is 0 Å². The summed E-state index contributed by atoms with van der Waals surface area (Å²) in [5, 5.41) is 18.7. The highest BCUT2D eigenvalue weighted by Crippen LogP contribution is 2.42. The van der Waals surface area contributed by atoms with Gasteiger partial charge in [-0.3, -0.25) is 24.9 Å². The molecular weight excluding hydrogens is 1040 g/mol. The maximum atomic E-state index is 16.0. The van der Waals surface area contributed by atoms with Crippen molar-refractivity contribution in [1.82, 2.24) is 41.3 Å². The number of halogens is 8. The number of hydrogen-bond donors (Lipinski definition) is 5. The number of benzene rings is 2. The van der Waals surface area contributed by atoms with E-state index in [4.69, 9.17) is 4.74 Å². The largest absolute Gasteiger partial charge is 0.453 e. The molecule has 2 aromatic carbocycles. The number of methoxy groups -OCH3 is 2. The minimum absolute atomic E-state index is 0.0294. The summed E-state index contributed by atoms with van der Waals surface area (Å²) in [5.74, 6) is 1.31. The fourth-order valence-electron chi connectivity index (χ4n) is 9.31. The quantitative estimate of drug-likeness (QED) is 0.0440. The number of carbonyl (C=O) groups is 4. The van der Waals surface area contributed by atoms with Crippen molar-refractivity contribution >= 4 is 29.8 Å². The van der Waals surface area contributed by atoms with Crippen LogP contribution < -0.4 is 26.3 Å². The van der Waals surface area contributed by atoms with Crippen LogP contribution in [0.25, 0.3) is 11.3 Å². The summed E-state index contributed by atoms with van der Waals surface area (Å²) in [7, 11) is 1.66. The number of piperidine rings is 1. The normalized spacial score (nSPS) is 18.4. The van der Waals surface area contributed by atoms with E-state index >= 15 is 8.78 Å². The summed E-state index contributed by atoms with van der Waals surface area (Å²) >= 11 is 0. The number of hydrogen-bond acceptors (Lipinski definition) is 13. The molecule has 3 unspecified atom stereocenters. The Hall–Kier alpha value is -7.14. The molecule has 25 heteroatoms. The van der Waals surface area contributed by atoms with E-state index in [1.807, 2.05) is 22.8 Å². The van der Waals surface area contributed by atoms with Crippen molar-refractivity contribution in [3.8, 4) is 23.1 Å². The Kier molecular flexibility index (Phi) is 17.9. The van der Waals surface area contributed by atoms with E-state index in [1.54, 1.807) is 30.5 Å². The maximum absolute atomic E-state index is 16.0. The number of amides is 4. The number of aromatic nitrogens is 2. The lowest BCUT2D eigenvalue weighted by Gasteiger charge is -2.60. The Labute approximate surface area is 444 Å². The van der Waals surface area contributed by atoms with Gasteiger partial charge in [0.15, 0.2) is 0 Å². The maximum Gasteiger partial charge on any atom is 0.407 e. The van der Waals surface area contributed by atoms with Gasteiger partial charge < -0.3 is 40.2 Å². The molecule has 5 N–H and O–H groups in total. The molecule has 4 aromatic rings. The molecule has 2 bridgehead atoms. The third kappa shape index (κ3) is 13.4. The van der Waals surface area contributed by atoms with E-state index in [0.29, 0.717) is 67.5 Å². The third-order valence-corrected chi connectivity index (χ3v) is 14.4. The number of aliphatic hydroxyl groups excluding tert-OH is 1. The molecule has 2 aromatic heterocycles. The molecule has 78 heavy (non-hydrogen) atoms. The van der Waals surface area contributed by atoms with Crippen molar-refractivity contribution in [3.63, 3.8) is 0 Å². The first kappa shape index (κ1) is 58.5. The van der Waals surface area contributed by atoms with Crippen molar-refractivity contribution in [3.05, 3.63) is 113 Å². The van der Waals surface area contributed by atoms with E-state index in [2.05, 4.69) is 51.8 Å². The van der Waals surface area contributed by atoms with Crippen molar-refractivity contribution in [2.24, 2.45) is 10.8 Å². The SMILES string of the molecule is COC(=O)NC(C(=O)N[C@@H](Cc1ccc(C#Cc2ccc(N3CC4CC(C3)N4C3COC3)nc2)cc1)[C@@H](O)CN(Cc1c(F)cc(-c2ccccn2)cc1F)NC(=O)[C@@H](NC(=O)OC)C(C)(C)C(F)(F)F)C(C)(C)C(F)(F)F. The Morgan fingerprint density at radius 2 is 1.33 bits per heavy atom. The second-order valence-electron chi connectivity index (χ2n) is 20.4. The van der Waals surface area contributed by atoms with Crippen LogP contribution in [0.4, 0.5) is 50.5 Å². The van der Waals surface area contributed by atoms with Gasteiger partial charge in [0.25, 0.3) is 5.91 Å². The lowest BCUT2D eigenvalue weighted by molar-refractivity contribution is -0.221. The topological polar surface area (TPSA) is 200 Å². The number of rotatable bonds is 18. The zero-order chi connectivity index (χ0) is 56.9. The van der Waals surface area contributed by atoms with Gasteiger partial charge in [-0.05, 0) is 94.6 Å². The summed E-state index contributed by atoms with van der Waals surface area (Å²) < 4.78 is 134. The van der Waals surface area contributed by atoms with E-state index in [-0.39, 0.29) is 11.3 Å². The zero-order valence-corrected chi connectivity index (χ0v) is 43.3. The number of piperazine rings is 1. The van der Waals surface area contributed by atoms with Crippen molar-refractivity contribution in [1.29, 1.82) is 0 Å². The molecular formula is C53H59F8N9O8. The number of alkyl carbamates (subject to hydrolysis) is 2. The van der Waals surface area contributed by atoms with Crippen LogP contribution in [0.2, 0.25) is 0 Å². The number of pyridine rings is 2. The van der Waals surface area contributed by atoms with Crippen LogP contribution in [0, 0.1) is 34.3 Å². The van der Waals surface area contributed by atoms with Gasteiger partial charge in [-0.25, -0.2) is 28.4 Å². The predicted molar refractivity (Wildman–Crippen MR) is 266 cm³/mol. The second kappa shape index (κ2) is 23.8. The van der Waals surface area contributed by atoms with Crippen LogP contribution in [0.15, 0.2) is 79.1 Å². The number of alkyl halides is 6. The van der Waals surface area contributed by atoms with Crippen LogP contribution in [0.5, 0.6) is 0 Å². The number of nitrogens with one attached hydrogen (secondary N) is 4. The number of anilines is 1. The molecule has 8 rings (SSSR count). The van der Waals surface area contributed by atoms with Gasteiger partial charge in [0, 0.05) is 72.9 Å². The second-order valence-corrected chi connectivity index (χ2v) is 20.4. The summed E-state index contributed by atoms with van der Waals surface area (Å²) in [6, 6.07) is 11.0. The lowest BCUT2D eigenvalue weighted by atomic mass is 9.82. The van der Waals surface area contributed by atoms with Crippen LogP contribution in [0.3, 0.4) is 0 Å². The minimum Gasteiger partial charge on any atom is -0.453 e. The fraction of sp³-hybridized carbons (Fsp3) is 0.472. The predicted octanol–water partition coefficient (Wildman–Crippen LogP) is 6.03.